The molecule has 22 heavy (non-hydrogen) atoms. The van der Waals surface area contributed by atoms with Crippen molar-refractivity contribution in [1.82, 2.24) is 0 Å². The third-order valence-corrected chi connectivity index (χ3v) is 5.67. The van der Waals surface area contributed by atoms with Crippen molar-refractivity contribution in [3.05, 3.63) is 27.2 Å². The summed E-state index contributed by atoms with van der Waals surface area (Å²) in [5.74, 6) is -0.120. The average Bonchev–Trinajstić information content (AvgIpc) is 3.09. The second-order valence-corrected chi connectivity index (χ2v) is 6.87. The first-order valence-electron chi connectivity index (χ1n) is 7.52. The second kappa shape index (κ2) is 6.26. The monoisotopic (exact) mass is 344 g/mol. The second-order valence-electron chi connectivity index (χ2n) is 6.12. The van der Waals surface area contributed by atoms with Gasteiger partial charge in [0.25, 0.3) is 0 Å². The Balaban J connectivity index is 1.89. The number of carboxylic acid groups (broad SMARTS) is 1. The summed E-state index contributed by atoms with van der Waals surface area (Å²) < 4.78 is 5.20. The number of halogens is 2. The lowest BCUT2D eigenvalue weighted by Crippen LogP contribution is -2.16. The highest BCUT2D eigenvalue weighted by Crippen LogP contribution is 2.51. The van der Waals surface area contributed by atoms with Crippen LogP contribution in [0.15, 0.2) is 6.07 Å². The van der Waals surface area contributed by atoms with Crippen molar-refractivity contribution >= 4 is 29.2 Å². The normalized spacial score (nSPS) is 24.5. The number of aliphatic carboxylic acids is 1. The maximum atomic E-state index is 10.6. The molecule has 0 amide bonds. The molecule has 2 unspecified atom stereocenters. The Labute approximate surface area is 139 Å². The number of hydrogen-bond acceptors (Lipinski definition) is 3. The van der Waals surface area contributed by atoms with Gasteiger partial charge in [0.05, 0.1) is 11.1 Å². The molecule has 2 aliphatic carbocycles. The van der Waals surface area contributed by atoms with Crippen molar-refractivity contribution < 1.29 is 19.7 Å². The number of benzene rings is 1. The van der Waals surface area contributed by atoms with Gasteiger partial charge in [-0.05, 0) is 29.9 Å². The van der Waals surface area contributed by atoms with E-state index in [0.717, 1.165) is 24.8 Å². The molecule has 120 valence electrons. The average molecular weight is 345 g/mol. The summed E-state index contributed by atoms with van der Waals surface area (Å²) in [6, 6.07) is 1.73. The molecule has 1 fully saturated rings. The SMILES string of the molecule is O=C(O)COc1cc2c(c(Cl)c1Cl)C(O)C(C1CCCC1)C2. The van der Waals surface area contributed by atoms with E-state index < -0.39 is 18.7 Å². The van der Waals surface area contributed by atoms with Crippen molar-refractivity contribution in [2.75, 3.05) is 6.61 Å². The van der Waals surface area contributed by atoms with Crippen LogP contribution in [0.25, 0.3) is 0 Å². The highest BCUT2D eigenvalue weighted by Gasteiger charge is 2.40. The van der Waals surface area contributed by atoms with Gasteiger partial charge in [0.1, 0.15) is 10.8 Å². The van der Waals surface area contributed by atoms with E-state index in [1.807, 2.05) is 0 Å². The molecule has 1 aromatic rings. The molecule has 0 aliphatic heterocycles. The van der Waals surface area contributed by atoms with Gasteiger partial charge in [-0.15, -0.1) is 0 Å². The van der Waals surface area contributed by atoms with Gasteiger partial charge in [-0.3, -0.25) is 0 Å². The molecule has 3 rings (SSSR count). The third kappa shape index (κ3) is 2.80. The van der Waals surface area contributed by atoms with Gasteiger partial charge >= 0.3 is 5.97 Å². The third-order valence-electron chi connectivity index (χ3n) is 4.81. The largest absolute Gasteiger partial charge is 0.480 e. The van der Waals surface area contributed by atoms with Gasteiger partial charge < -0.3 is 14.9 Å². The molecule has 0 heterocycles. The molecule has 6 heteroatoms. The first-order chi connectivity index (χ1) is 10.5. The van der Waals surface area contributed by atoms with Gasteiger partial charge in [0.15, 0.2) is 6.61 Å². The number of hydrogen-bond donors (Lipinski definition) is 2. The van der Waals surface area contributed by atoms with Gasteiger partial charge in [0, 0.05) is 5.56 Å². The molecule has 4 nitrogen and oxygen atoms in total. The minimum Gasteiger partial charge on any atom is -0.480 e. The van der Waals surface area contributed by atoms with E-state index in [2.05, 4.69) is 0 Å². The van der Waals surface area contributed by atoms with Crippen LogP contribution in [-0.4, -0.2) is 22.8 Å². The Morgan fingerprint density at radius 1 is 1.27 bits per heavy atom. The summed E-state index contributed by atoms with van der Waals surface area (Å²) in [5, 5.41) is 19.8. The lowest BCUT2D eigenvalue weighted by Gasteiger charge is -2.22. The molecular weight excluding hydrogens is 327 g/mol. The molecule has 0 aromatic heterocycles. The summed E-state index contributed by atoms with van der Waals surface area (Å²) in [5.41, 5.74) is 1.60. The molecule has 1 saturated carbocycles. The highest BCUT2D eigenvalue weighted by molar-refractivity contribution is 6.43. The Morgan fingerprint density at radius 3 is 2.59 bits per heavy atom. The zero-order valence-corrected chi connectivity index (χ0v) is 13.5. The van der Waals surface area contributed by atoms with Crippen molar-refractivity contribution in [2.24, 2.45) is 11.8 Å². The fraction of sp³-hybridized carbons (Fsp3) is 0.562. The van der Waals surface area contributed by atoms with Gasteiger partial charge in [-0.25, -0.2) is 4.79 Å². The van der Waals surface area contributed by atoms with Crippen LogP contribution in [0, 0.1) is 11.8 Å². The Hall–Kier alpha value is -0.970. The van der Waals surface area contributed by atoms with Crippen LogP contribution in [0.4, 0.5) is 0 Å². The fourth-order valence-electron chi connectivity index (χ4n) is 3.79. The summed E-state index contributed by atoms with van der Waals surface area (Å²) in [6.45, 7) is -0.469. The first kappa shape index (κ1) is 15.9. The Morgan fingerprint density at radius 2 is 1.95 bits per heavy atom. The predicted octanol–water partition coefficient (Wildman–Crippen LogP) is 3.85. The quantitative estimate of drug-likeness (QED) is 0.870. The van der Waals surface area contributed by atoms with Crippen molar-refractivity contribution in [2.45, 2.75) is 38.2 Å². The predicted molar refractivity (Wildman–Crippen MR) is 83.7 cm³/mol. The zero-order valence-electron chi connectivity index (χ0n) is 12.0. The highest BCUT2D eigenvalue weighted by atomic mass is 35.5. The van der Waals surface area contributed by atoms with E-state index in [4.69, 9.17) is 33.0 Å². The zero-order chi connectivity index (χ0) is 15.9. The number of carboxylic acids is 1. The van der Waals surface area contributed by atoms with E-state index in [9.17, 15) is 9.90 Å². The standard InChI is InChI=1S/C16H18Cl2O4/c17-14-11(22-7-12(19)20)6-9-5-10(8-3-1-2-4-8)16(21)13(9)15(14)18/h6,8,10,16,21H,1-5,7H2,(H,19,20). The van der Waals surface area contributed by atoms with Crippen LogP contribution < -0.4 is 4.74 Å². The summed E-state index contributed by atoms with van der Waals surface area (Å²) in [6.07, 6.45) is 4.85. The molecule has 2 aliphatic rings. The molecule has 2 N–H and O–H groups in total. The number of rotatable bonds is 4. The number of ether oxygens (including phenoxy) is 1. The van der Waals surface area contributed by atoms with Gasteiger partial charge in [-0.2, -0.15) is 0 Å². The number of aliphatic hydroxyl groups is 1. The van der Waals surface area contributed by atoms with Crippen molar-refractivity contribution in [3.8, 4) is 5.75 Å². The van der Waals surface area contributed by atoms with Crippen LogP contribution in [-0.2, 0) is 11.2 Å². The maximum Gasteiger partial charge on any atom is 0.341 e. The van der Waals surface area contributed by atoms with Gasteiger partial charge in [-0.1, -0.05) is 48.9 Å². The minimum absolute atomic E-state index is 0.167. The lowest BCUT2D eigenvalue weighted by molar-refractivity contribution is -0.139. The summed E-state index contributed by atoms with van der Waals surface area (Å²) in [4.78, 5) is 10.6. The van der Waals surface area contributed by atoms with Crippen LogP contribution in [0.2, 0.25) is 10.0 Å². The minimum atomic E-state index is -1.07. The van der Waals surface area contributed by atoms with Crippen molar-refractivity contribution in [1.29, 1.82) is 0 Å². The molecule has 0 saturated heterocycles. The topological polar surface area (TPSA) is 66.8 Å². The van der Waals surface area contributed by atoms with Crippen molar-refractivity contribution in [3.63, 3.8) is 0 Å². The van der Waals surface area contributed by atoms with Crippen LogP contribution >= 0.6 is 23.2 Å². The van der Waals surface area contributed by atoms with Crippen LogP contribution in [0.5, 0.6) is 5.75 Å². The molecule has 2 atom stereocenters. The number of aliphatic hydroxyl groups excluding tert-OH is 1. The number of carbonyl (C=O) groups is 1. The number of fused-ring (bicyclic) bond motifs is 1. The van der Waals surface area contributed by atoms with Crippen LogP contribution in [0.1, 0.15) is 42.9 Å². The van der Waals surface area contributed by atoms with Gasteiger partial charge in [0.2, 0.25) is 0 Å². The molecule has 0 bridgehead atoms. The lowest BCUT2D eigenvalue weighted by atomic mass is 9.87. The molecular formula is C16H18Cl2O4. The van der Waals surface area contributed by atoms with E-state index in [1.165, 1.54) is 12.8 Å². The maximum absolute atomic E-state index is 10.6. The van der Waals surface area contributed by atoms with E-state index in [1.54, 1.807) is 6.07 Å². The first-order valence-corrected chi connectivity index (χ1v) is 8.28. The summed E-state index contributed by atoms with van der Waals surface area (Å²) >= 11 is 12.5. The van der Waals surface area contributed by atoms with E-state index in [-0.39, 0.29) is 21.7 Å². The fourth-order valence-corrected chi connectivity index (χ4v) is 4.33. The van der Waals surface area contributed by atoms with Crippen LogP contribution in [0.3, 0.4) is 0 Å². The Kier molecular flexibility index (Phi) is 4.53. The summed E-state index contributed by atoms with van der Waals surface area (Å²) in [7, 11) is 0. The molecule has 0 radical (unpaired) electrons. The van der Waals surface area contributed by atoms with E-state index >= 15 is 0 Å². The smallest absolute Gasteiger partial charge is 0.341 e. The molecule has 0 spiro atoms. The van der Waals surface area contributed by atoms with E-state index in [0.29, 0.717) is 11.5 Å². The Bertz CT molecular complexity index is 596. The molecule has 1 aromatic carbocycles.